The van der Waals surface area contributed by atoms with E-state index < -0.39 is 0 Å². The molecule has 188 valence electrons. The van der Waals surface area contributed by atoms with Crippen LogP contribution >= 0.6 is 22.7 Å². The summed E-state index contributed by atoms with van der Waals surface area (Å²) in [6.45, 7) is 21.3. The number of fused-ring (bicyclic) bond motifs is 1. The second-order valence-corrected chi connectivity index (χ2v) is 13.9. The third-order valence-electron chi connectivity index (χ3n) is 6.62. The lowest BCUT2D eigenvalue weighted by atomic mass is 9.81. The maximum atomic E-state index is 13.2. The van der Waals surface area contributed by atoms with E-state index in [9.17, 15) is 9.59 Å². The van der Waals surface area contributed by atoms with Gasteiger partial charge in [0.2, 0.25) is 0 Å². The normalized spacial score (nSPS) is 14.3. The summed E-state index contributed by atoms with van der Waals surface area (Å²) in [4.78, 5) is 32.1. The smallest absolute Gasteiger partial charge is 0.261 e. The van der Waals surface area contributed by atoms with Gasteiger partial charge in [0.05, 0.1) is 11.1 Å². The minimum Gasteiger partial charge on any atom is -0.277 e. The molecule has 0 bridgehead atoms. The van der Waals surface area contributed by atoms with Crippen LogP contribution in [-0.2, 0) is 10.8 Å². The van der Waals surface area contributed by atoms with Crippen LogP contribution in [0.3, 0.4) is 0 Å². The molecule has 1 aromatic carbocycles. The van der Waals surface area contributed by atoms with Crippen LogP contribution in [0.15, 0.2) is 30.8 Å². The monoisotopic (exact) mass is 517 g/mol. The average molecular weight is 518 g/mol. The molecular formula is C31H35NO2S2. The largest absolute Gasteiger partial charge is 0.277 e. The van der Waals surface area contributed by atoms with Crippen LogP contribution < -0.4 is 0 Å². The summed E-state index contributed by atoms with van der Waals surface area (Å²) in [6.07, 6.45) is 4.35. The van der Waals surface area contributed by atoms with Crippen LogP contribution in [0.1, 0.15) is 101 Å². The van der Waals surface area contributed by atoms with Gasteiger partial charge in [-0.1, -0.05) is 60.3 Å². The SMILES string of the molecule is C=C(C)c1cc(C(C)(C)C)sc1C=Cc1sc(-c2ccc(C(C)(C)C)c3c2C(=O)N(C)C3=O)cc1C. The van der Waals surface area contributed by atoms with Crippen LogP contribution in [0.5, 0.6) is 0 Å². The molecule has 0 atom stereocenters. The van der Waals surface area contributed by atoms with E-state index in [2.05, 4.69) is 86.3 Å². The molecule has 0 radical (unpaired) electrons. The Kier molecular flexibility index (Phi) is 6.55. The van der Waals surface area contributed by atoms with Gasteiger partial charge in [-0.25, -0.2) is 0 Å². The number of amides is 2. The molecule has 0 N–H and O–H groups in total. The Morgan fingerprint density at radius 3 is 2.08 bits per heavy atom. The number of carbonyl (C=O) groups excluding carboxylic acids is 2. The summed E-state index contributed by atoms with van der Waals surface area (Å²) in [6, 6.07) is 8.42. The molecule has 3 heterocycles. The molecule has 2 aromatic heterocycles. The minimum atomic E-state index is -0.239. The quantitative estimate of drug-likeness (QED) is 0.324. The summed E-state index contributed by atoms with van der Waals surface area (Å²) in [7, 11) is 1.57. The molecule has 0 aliphatic carbocycles. The number of nitrogens with zero attached hydrogens (tertiary/aromatic N) is 1. The van der Waals surface area contributed by atoms with Gasteiger partial charge in [-0.15, -0.1) is 22.7 Å². The molecule has 0 unspecified atom stereocenters. The van der Waals surface area contributed by atoms with Gasteiger partial charge in [-0.3, -0.25) is 14.5 Å². The Bertz CT molecular complexity index is 1430. The first-order chi connectivity index (χ1) is 16.6. The fourth-order valence-corrected chi connectivity index (χ4v) is 6.79. The summed E-state index contributed by atoms with van der Waals surface area (Å²) in [5.41, 5.74) is 6.08. The van der Waals surface area contributed by atoms with Crippen molar-refractivity contribution in [3.63, 3.8) is 0 Å². The number of rotatable bonds is 4. The van der Waals surface area contributed by atoms with Crippen molar-refractivity contribution in [2.24, 2.45) is 0 Å². The lowest BCUT2D eigenvalue weighted by Gasteiger charge is -2.22. The molecule has 0 saturated carbocycles. The Morgan fingerprint density at radius 1 is 0.889 bits per heavy atom. The number of hydrogen-bond acceptors (Lipinski definition) is 4. The highest BCUT2D eigenvalue weighted by molar-refractivity contribution is 7.16. The topological polar surface area (TPSA) is 37.4 Å². The van der Waals surface area contributed by atoms with Crippen molar-refractivity contribution in [2.75, 3.05) is 7.05 Å². The van der Waals surface area contributed by atoms with Crippen LogP contribution in [-0.4, -0.2) is 23.8 Å². The van der Waals surface area contributed by atoms with Gasteiger partial charge in [0, 0.05) is 32.1 Å². The molecule has 5 heteroatoms. The van der Waals surface area contributed by atoms with Gasteiger partial charge in [0.25, 0.3) is 11.8 Å². The van der Waals surface area contributed by atoms with E-state index >= 15 is 0 Å². The molecule has 1 aliphatic rings. The van der Waals surface area contributed by atoms with E-state index in [1.165, 1.54) is 20.2 Å². The van der Waals surface area contributed by atoms with Crippen molar-refractivity contribution in [3.8, 4) is 10.4 Å². The van der Waals surface area contributed by atoms with Gasteiger partial charge in [0.15, 0.2) is 0 Å². The molecule has 1 aliphatic heterocycles. The highest BCUT2D eigenvalue weighted by Gasteiger charge is 2.39. The molecule has 3 nitrogen and oxygen atoms in total. The van der Waals surface area contributed by atoms with Crippen LogP contribution in [0, 0.1) is 6.92 Å². The number of aryl methyl sites for hydroxylation is 1. The first-order valence-electron chi connectivity index (χ1n) is 12.2. The van der Waals surface area contributed by atoms with E-state index in [1.807, 2.05) is 23.5 Å². The van der Waals surface area contributed by atoms with Crippen LogP contribution in [0.2, 0.25) is 0 Å². The molecule has 36 heavy (non-hydrogen) atoms. The highest BCUT2D eigenvalue weighted by atomic mass is 32.1. The second kappa shape index (κ2) is 8.97. The zero-order valence-corrected chi connectivity index (χ0v) is 24.4. The molecule has 3 aromatic rings. The zero-order valence-electron chi connectivity index (χ0n) is 22.8. The lowest BCUT2D eigenvalue weighted by Crippen LogP contribution is -2.25. The van der Waals surface area contributed by atoms with Crippen molar-refractivity contribution >= 4 is 52.2 Å². The zero-order chi connectivity index (χ0) is 26.7. The van der Waals surface area contributed by atoms with E-state index in [0.717, 1.165) is 32.0 Å². The first-order valence-corrected chi connectivity index (χ1v) is 13.8. The summed E-state index contributed by atoms with van der Waals surface area (Å²) < 4.78 is 0. The average Bonchev–Trinajstić information content (AvgIpc) is 3.43. The standard InChI is InChI=1S/C31H35NO2S2/c1-17(2)20-16-25(31(7,8)9)36-23(20)14-13-22-18(3)15-24(35-22)19-11-12-21(30(4,5)6)27-26(19)28(33)32(10)29(27)34/h11-16H,1H2,2-10H3. The second-order valence-electron chi connectivity index (χ2n) is 11.7. The summed E-state index contributed by atoms with van der Waals surface area (Å²) in [5, 5.41) is 0. The number of carbonyl (C=O) groups is 2. The molecule has 0 fully saturated rings. The third-order valence-corrected chi connectivity index (χ3v) is 9.38. The van der Waals surface area contributed by atoms with Crippen molar-refractivity contribution in [3.05, 3.63) is 73.3 Å². The molecule has 4 rings (SSSR count). The van der Waals surface area contributed by atoms with Crippen molar-refractivity contribution in [1.29, 1.82) is 0 Å². The predicted octanol–water partition coefficient (Wildman–Crippen LogP) is 8.81. The minimum absolute atomic E-state index is 0.0870. The Morgan fingerprint density at radius 2 is 1.50 bits per heavy atom. The van der Waals surface area contributed by atoms with E-state index in [1.54, 1.807) is 18.4 Å². The molecular weight excluding hydrogens is 482 g/mol. The number of thiophene rings is 2. The Balaban J connectivity index is 1.79. The number of imide groups is 1. The van der Waals surface area contributed by atoms with Crippen molar-refractivity contribution in [2.45, 2.75) is 66.2 Å². The summed E-state index contributed by atoms with van der Waals surface area (Å²) >= 11 is 3.47. The summed E-state index contributed by atoms with van der Waals surface area (Å²) in [5.74, 6) is -0.437. The Hall–Kier alpha value is -2.76. The van der Waals surface area contributed by atoms with Gasteiger partial charge in [0.1, 0.15) is 0 Å². The number of allylic oxidation sites excluding steroid dienone is 1. The van der Waals surface area contributed by atoms with Gasteiger partial charge < -0.3 is 0 Å². The molecule has 0 spiro atoms. The molecule has 2 amide bonds. The fourth-order valence-electron chi connectivity index (χ4n) is 4.48. The highest BCUT2D eigenvalue weighted by Crippen LogP contribution is 2.42. The third kappa shape index (κ3) is 4.55. The maximum Gasteiger partial charge on any atom is 0.261 e. The van der Waals surface area contributed by atoms with E-state index in [4.69, 9.17) is 0 Å². The van der Waals surface area contributed by atoms with Crippen molar-refractivity contribution in [1.82, 2.24) is 4.90 Å². The van der Waals surface area contributed by atoms with E-state index in [-0.39, 0.29) is 22.6 Å². The molecule has 0 saturated heterocycles. The fraction of sp³-hybridized carbons (Fsp3) is 0.355. The van der Waals surface area contributed by atoms with Crippen molar-refractivity contribution < 1.29 is 9.59 Å². The maximum absolute atomic E-state index is 13.2. The van der Waals surface area contributed by atoms with Gasteiger partial charge in [-0.05, 0) is 71.2 Å². The van der Waals surface area contributed by atoms with Gasteiger partial charge >= 0.3 is 0 Å². The predicted molar refractivity (Wildman–Crippen MR) is 156 cm³/mol. The Labute approximate surface area is 223 Å². The lowest BCUT2D eigenvalue weighted by molar-refractivity contribution is 0.0692. The number of hydrogen-bond donors (Lipinski definition) is 0. The van der Waals surface area contributed by atoms with E-state index in [0.29, 0.717) is 11.1 Å². The number of benzene rings is 1. The van der Waals surface area contributed by atoms with Crippen LogP contribution in [0.25, 0.3) is 28.2 Å². The van der Waals surface area contributed by atoms with Crippen LogP contribution in [0.4, 0.5) is 0 Å². The first kappa shape index (κ1) is 26.3. The van der Waals surface area contributed by atoms with Gasteiger partial charge in [-0.2, -0.15) is 0 Å².